The first kappa shape index (κ1) is 12.6. The van der Waals surface area contributed by atoms with Gasteiger partial charge in [0.2, 0.25) is 0 Å². The largest absolute Gasteiger partial charge is 0.507 e. The van der Waals surface area contributed by atoms with Crippen LogP contribution >= 0.6 is 0 Å². The summed E-state index contributed by atoms with van der Waals surface area (Å²) in [5.41, 5.74) is 2.75. The van der Waals surface area contributed by atoms with Gasteiger partial charge in [0.05, 0.1) is 12.5 Å². The van der Waals surface area contributed by atoms with Gasteiger partial charge in [0.25, 0.3) is 0 Å². The van der Waals surface area contributed by atoms with Crippen LogP contribution in [0.25, 0.3) is 0 Å². The lowest BCUT2D eigenvalue weighted by Gasteiger charge is -2.22. The summed E-state index contributed by atoms with van der Waals surface area (Å²) in [6.45, 7) is 8.28. The van der Waals surface area contributed by atoms with E-state index in [1.165, 1.54) is 5.56 Å². The van der Waals surface area contributed by atoms with Crippen LogP contribution in [0.4, 0.5) is 0 Å². The first-order chi connectivity index (χ1) is 7.40. The van der Waals surface area contributed by atoms with Gasteiger partial charge in [-0.25, -0.2) is 0 Å². The number of phenols is 1. The summed E-state index contributed by atoms with van der Waals surface area (Å²) in [6, 6.07) is 6.06. The van der Waals surface area contributed by atoms with Crippen LogP contribution in [0.3, 0.4) is 0 Å². The zero-order chi connectivity index (χ0) is 12.3. The highest BCUT2D eigenvalue weighted by molar-refractivity contribution is 5.48. The number of benzene rings is 1. The number of nitrogens with zero attached hydrogens (tertiary/aromatic N) is 1. The molecule has 2 heteroatoms. The van der Waals surface area contributed by atoms with Gasteiger partial charge in [-0.05, 0) is 23.0 Å². The van der Waals surface area contributed by atoms with Crippen LogP contribution in [0.2, 0.25) is 0 Å². The molecule has 0 unspecified atom stereocenters. The van der Waals surface area contributed by atoms with E-state index in [4.69, 9.17) is 5.26 Å². The predicted octanol–water partition coefficient (Wildman–Crippen LogP) is 3.32. The maximum absolute atomic E-state index is 10.1. The van der Waals surface area contributed by atoms with Gasteiger partial charge in [-0.1, -0.05) is 39.8 Å². The summed E-state index contributed by atoms with van der Waals surface area (Å²) >= 11 is 0. The van der Waals surface area contributed by atoms with Crippen molar-refractivity contribution in [2.45, 2.75) is 46.0 Å². The lowest BCUT2D eigenvalue weighted by atomic mass is 9.83. The zero-order valence-electron chi connectivity index (χ0n) is 10.5. The number of hydrogen-bond acceptors (Lipinski definition) is 2. The first-order valence-corrected chi connectivity index (χ1v) is 5.62. The fourth-order valence-electron chi connectivity index (χ4n) is 1.76. The topological polar surface area (TPSA) is 44.0 Å². The maximum Gasteiger partial charge on any atom is 0.123 e. The van der Waals surface area contributed by atoms with E-state index in [-0.39, 0.29) is 17.6 Å². The molecule has 0 saturated heterocycles. The van der Waals surface area contributed by atoms with E-state index in [1.807, 2.05) is 12.1 Å². The molecule has 16 heavy (non-hydrogen) atoms. The number of rotatable bonds is 2. The van der Waals surface area contributed by atoms with Crippen LogP contribution in [0, 0.1) is 11.3 Å². The van der Waals surface area contributed by atoms with E-state index in [0.29, 0.717) is 0 Å². The summed E-state index contributed by atoms with van der Waals surface area (Å²) in [6.07, 6.45) is 1.19. The summed E-state index contributed by atoms with van der Waals surface area (Å²) in [5, 5.41) is 18.9. The van der Waals surface area contributed by atoms with E-state index in [2.05, 4.69) is 33.8 Å². The van der Waals surface area contributed by atoms with Crippen molar-refractivity contribution >= 4 is 0 Å². The molecule has 1 rings (SSSR count). The molecule has 0 atom stereocenters. The Morgan fingerprint density at radius 1 is 1.31 bits per heavy atom. The third kappa shape index (κ3) is 2.55. The third-order valence-electron chi connectivity index (χ3n) is 2.73. The summed E-state index contributed by atoms with van der Waals surface area (Å²) in [5.74, 6) is 0.284. The molecule has 0 aliphatic rings. The molecule has 2 nitrogen and oxygen atoms in total. The Bertz CT molecular complexity index is 422. The van der Waals surface area contributed by atoms with Gasteiger partial charge in [0, 0.05) is 5.56 Å². The van der Waals surface area contributed by atoms with Crippen LogP contribution in [-0.2, 0) is 18.3 Å². The van der Waals surface area contributed by atoms with Crippen molar-refractivity contribution < 1.29 is 5.11 Å². The van der Waals surface area contributed by atoms with E-state index < -0.39 is 0 Å². The van der Waals surface area contributed by atoms with Crippen molar-refractivity contribution in [3.63, 3.8) is 0 Å². The van der Waals surface area contributed by atoms with Crippen LogP contribution in [-0.4, -0.2) is 5.11 Å². The molecule has 1 N–H and O–H groups in total. The summed E-state index contributed by atoms with van der Waals surface area (Å²) < 4.78 is 0. The molecule has 0 aromatic heterocycles. The van der Waals surface area contributed by atoms with E-state index >= 15 is 0 Å². The summed E-state index contributed by atoms with van der Waals surface area (Å²) in [4.78, 5) is 0. The van der Waals surface area contributed by atoms with E-state index in [0.717, 1.165) is 17.5 Å². The molecule has 0 saturated carbocycles. The number of hydrogen-bond donors (Lipinski definition) is 1. The highest BCUT2D eigenvalue weighted by Gasteiger charge is 2.20. The number of phenolic OH excluding ortho intramolecular Hbond substituents is 1. The second kappa shape index (κ2) is 4.57. The van der Waals surface area contributed by atoms with Crippen LogP contribution in [0.5, 0.6) is 5.75 Å². The first-order valence-electron chi connectivity index (χ1n) is 5.62. The van der Waals surface area contributed by atoms with Gasteiger partial charge < -0.3 is 5.11 Å². The Hall–Kier alpha value is -1.49. The van der Waals surface area contributed by atoms with Crippen molar-refractivity contribution in [2.24, 2.45) is 0 Å². The van der Waals surface area contributed by atoms with Crippen LogP contribution < -0.4 is 0 Å². The normalized spacial score (nSPS) is 11.2. The molecular weight excluding hydrogens is 198 g/mol. The Morgan fingerprint density at radius 2 is 1.94 bits per heavy atom. The third-order valence-corrected chi connectivity index (χ3v) is 2.73. The molecule has 1 aromatic carbocycles. The van der Waals surface area contributed by atoms with Crippen molar-refractivity contribution in [3.8, 4) is 11.8 Å². The SMILES string of the molecule is CCc1cc(CC#N)c(O)c(C(C)(C)C)c1. The van der Waals surface area contributed by atoms with Crippen LogP contribution in [0.15, 0.2) is 12.1 Å². The second-order valence-electron chi connectivity index (χ2n) is 5.09. The van der Waals surface area contributed by atoms with Crippen LogP contribution in [0.1, 0.15) is 44.4 Å². The average molecular weight is 217 g/mol. The van der Waals surface area contributed by atoms with Gasteiger partial charge in [0.1, 0.15) is 5.75 Å². The molecule has 0 bridgehead atoms. The maximum atomic E-state index is 10.1. The minimum atomic E-state index is -0.0977. The second-order valence-corrected chi connectivity index (χ2v) is 5.09. The minimum absolute atomic E-state index is 0.0977. The average Bonchev–Trinajstić information content (AvgIpc) is 2.19. The monoisotopic (exact) mass is 217 g/mol. The Morgan fingerprint density at radius 3 is 2.38 bits per heavy atom. The fraction of sp³-hybridized carbons (Fsp3) is 0.500. The molecule has 0 amide bonds. The number of aromatic hydroxyl groups is 1. The smallest absolute Gasteiger partial charge is 0.123 e. The van der Waals surface area contributed by atoms with E-state index in [9.17, 15) is 5.11 Å². The molecular formula is C14H19NO. The number of nitriles is 1. The molecule has 0 fully saturated rings. The lowest BCUT2D eigenvalue weighted by molar-refractivity contribution is 0.441. The predicted molar refractivity (Wildman–Crippen MR) is 65.5 cm³/mol. The Balaban J connectivity index is 3.38. The zero-order valence-corrected chi connectivity index (χ0v) is 10.5. The highest BCUT2D eigenvalue weighted by atomic mass is 16.3. The molecule has 0 radical (unpaired) electrons. The Labute approximate surface area is 97.5 Å². The van der Waals surface area contributed by atoms with Crippen molar-refractivity contribution in [2.75, 3.05) is 0 Å². The van der Waals surface area contributed by atoms with Gasteiger partial charge >= 0.3 is 0 Å². The standard InChI is InChI=1S/C14H19NO/c1-5-10-8-11(6-7-15)13(16)12(9-10)14(2,3)4/h8-9,16H,5-6H2,1-4H3. The number of aryl methyl sites for hydroxylation is 1. The summed E-state index contributed by atoms with van der Waals surface area (Å²) in [7, 11) is 0. The Kier molecular flexibility index (Phi) is 3.59. The molecule has 0 spiro atoms. The molecule has 86 valence electrons. The molecule has 0 aliphatic carbocycles. The molecule has 0 heterocycles. The van der Waals surface area contributed by atoms with Gasteiger partial charge in [-0.15, -0.1) is 0 Å². The van der Waals surface area contributed by atoms with Gasteiger partial charge in [-0.2, -0.15) is 5.26 Å². The van der Waals surface area contributed by atoms with Crippen molar-refractivity contribution in [1.82, 2.24) is 0 Å². The quantitative estimate of drug-likeness (QED) is 0.825. The van der Waals surface area contributed by atoms with Crippen molar-refractivity contribution in [1.29, 1.82) is 5.26 Å². The van der Waals surface area contributed by atoms with E-state index in [1.54, 1.807) is 0 Å². The molecule has 0 aliphatic heterocycles. The lowest BCUT2D eigenvalue weighted by Crippen LogP contribution is -2.12. The van der Waals surface area contributed by atoms with Gasteiger partial charge in [-0.3, -0.25) is 0 Å². The minimum Gasteiger partial charge on any atom is -0.507 e. The fourth-order valence-corrected chi connectivity index (χ4v) is 1.76. The highest BCUT2D eigenvalue weighted by Crippen LogP contribution is 2.34. The molecule has 1 aromatic rings. The van der Waals surface area contributed by atoms with Gasteiger partial charge in [0.15, 0.2) is 0 Å². The van der Waals surface area contributed by atoms with Crippen molar-refractivity contribution in [3.05, 3.63) is 28.8 Å².